The molecule has 0 fully saturated rings. The highest BCUT2D eigenvalue weighted by molar-refractivity contribution is 6.27. The summed E-state index contributed by atoms with van der Waals surface area (Å²) >= 11 is 0. The monoisotopic (exact) mass is 559 g/mol. The summed E-state index contributed by atoms with van der Waals surface area (Å²) in [5.74, 6) is 0. The standard InChI is InChI=1S/C41H25N3/c1-3-9-37-32(7-1)33-8-2-4-10-38(33)44(37)29-18-12-26(13-19-29)30-20-14-27-17-23-35-31(36-25-43-24-6-5-11-39(43)42-36)21-15-28-16-22-34(30)40(27)41(28)35/h1-25H. The second kappa shape index (κ2) is 8.79. The largest absolute Gasteiger partial charge is 0.309 e. The molecule has 0 bridgehead atoms. The Kier molecular flexibility index (Phi) is 4.72. The minimum absolute atomic E-state index is 0.958. The van der Waals surface area contributed by atoms with E-state index in [-0.39, 0.29) is 0 Å². The highest BCUT2D eigenvalue weighted by Crippen LogP contribution is 2.42. The molecule has 3 nitrogen and oxygen atoms in total. The number of rotatable bonds is 3. The van der Waals surface area contributed by atoms with Crippen LogP contribution in [0, 0.1) is 0 Å². The smallest absolute Gasteiger partial charge is 0.137 e. The van der Waals surface area contributed by atoms with E-state index in [1.54, 1.807) is 0 Å². The Balaban J connectivity index is 1.15. The van der Waals surface area contributed by atoms with Gasteiger partial charge in [-0.15, -0.1) is 0 Å². The van der Waals surface area contributed by atoms with E-state index < -0.39 is 0 Å². The molecule has 3 aromatic heterocycles. The molecule has 204 valence electrons. The summed E-state index contributed by atoms with van der Waals surface area (Å²) in [7, 11) is 0. The SMILES string of the molecule is c1ccc2c(c1)c1ccccc1n2-c1ccc(-c2ccc3ccc4c(-c5cn6ccccc6n5)ccc5ccc2c3c54)cc1. The number of aromatic nitrogens is 3. The lowest BCUT2D eigenvalue weighted by Crippen LogP contribution is -1.94. The Labute approximate surface area is 253 Å². The fraction of sp³-hybridized carbons (Fsp3) is 0. The van der Waals surface area contributed by atoms with Gasteiger partial charge in [-0.1, -0.05) is 103 Å². The van der Waals surface area contributed by atoms with E-state index in [2.05, 4.69) is 149 Å². The van der Waals surface area contributed by atoms with Crippen molar-refractivity contribution in [3.05, 3.63) is 152 Å². The highest BCUT2D eigenvalue weighted by Gasteiger charge is 2.17. The molecule has 0 aliphatic heterocycles. The summed E-state index contributed by atoms with van der Waals surface area (Å²) in [4.78, 5) is 4.96. The zero-order chi connectivity index (χ0) is 28.8. The van der Waals surface area contributed by atoms with Gasteiger partial charge < -0.3 is 8.97 Å². The number of pyridine rings is 1. The molecule has 0 unspecified atom stereocenters. The number of fused-ring (bicyclic) bond motifs is 4. The topological polar surface area (TPSA) is 22.2 Å². The minimum Gasteiger partial charge on any atom is -0.309 e. The van der Waals surface area contributed by atoms with Crippen LogP contribution in [0.2, 0.25) is 0 Å². The molecule has 7 aromatic carbocycles. The molecule has 0 aliphatic rings. The van der Waals surface area contributed by atoms with E-state index in [1.807, 2.05) is 12.1 Å². The Bertz CT molecular complexity index is 2620. The van der Waals surface area contributed by atoms with Gasteiger partial charge in [0.05, 0.1) is 16.7 Å². The number of hydrogen-bond acceptors (Lipinski definition) is 1. The molecule has 3 heteroatoms. The van der Waals surface area contributed by atoms with Crippen molar-refractivity contribution < 1.29 is 0 Å². The van der Waals surface area contributed by atoms with Crippen molar-refractivity contribution in [3.8, 4) is 28.1 Å². The van der Waals surface area contributed by atoms with Crippen LogP contribution in [0.15, 0.2) is 152 Å². The zero-order valence-corrected chi connectivity index (χ0v) is 23.8. The molecule has 0 atom stereocenters. The van der Waals surface area contributed by atoms with E-state index in [4.69, 9.17) is 4.98 Å². The number of hydrogen-bond donors (Lipinski definition) is 0. The van der Waals surface area contributed by atoms with E-state index in [1.165, 1.54) is 70.9 Å². The van der Waals surface area contributed by atoms with Crippen LogP contribution in [0.5, 0.6) is 0 Å². The molecule has 0 radical (unpaired) electrons. The molecule has 0 spiro atoms. The molecular weight excluding hydrogens is 534 g/mol. The van der Waals surface area contributed by atoms with Gasteiger partial charge in [-0.05, 0) is 79.8 Å². The van der Waals surface area contributed by atoms with Crippen LogP contribution < -0.4 is 0 Å². The third-order valence-electron chi connectivity index (χ3n) is 9.32. The Morgan fingerprint density at radius 3 is 1.73 bits per heavy atom. The average Bonchev–Trinajstić information content (AvgIpc) is 3.67. The highest BCUT2D eigenvalue weighted by atomic mass is 15.0. The van der Waals surface area contributed by atoms with Gasteiger partial charge in [-0.3, -0.25) is 0 Å². The predicted octanol–water partition coefficient (Wildman–Crippen LogP) is 10.7. The lowest BCUT2D eigenvalue weighted by Gasteiger charge is -2.16. The quantitative estimate of drug-likeness (QED) is 0.197. The Morgan fingerprint density at radius 1 is 0.455 bits per heavy atom. The molecule has 0 saturated carbocycles. The summed E-state index contributed by atoms with van der Waals surface area (Å²) in [6, 6.07) is 50.6. The Morgan fingerprint density at radius 2 is 1.05 bits per heavy atom. The van der Waals surface area contributed by atoms with Gasteiger partial charge in [0.1, 0.15) is 5.65 Å². The molecule has 3 heterocycles. The van der Waals surface area contributed by atoms with Crippen molar-refractivity contribution in [2.24, 2.45) is 0 Å². The third-order valence-corrected chi connectivity index (χ3v) is 9.32. The summed E-state index contributed by atoms with van der Waals surface area (Å²) in [5, 5.41) is 10.2. The molecule has 0 amide bonds. The van der Waals surface area contributed by atoms with Gasteiger partial charge in [-0.25, -0.2) is 4.98 Å². The molecular formula is C41H25N3. The fourth-order valence-corrected chi connectivity index (χ4v) is 7.33. The molecule has 0 saturated heterocycles. The van der Waals surface area contributed by atoms with Crippen LogP contribution in [0.4, 0.5) is 0 Å². The van der Waals surface area contributed by atoms with Crippen molar-refractivity contribution in [1.82, 2.24) is 14.0 Å². The number of para-hydroxylation sites is 2. The lowest BCUT2D eigenvalue weighted by atomic mass is 9.88. The second-order valence-electron chi connectivity index (χ2n) is 11.7. The van der Waals surface area contributed by atoms with Gasteiger partial charge in [0.2, 0.25) is 0 Å². The van der Waals surface area contributed by atoms with Crippen LogP contribution in [0.25, 0.3) is 87.8 Å². The second-order valence-corrected chi connectivity index (χ2v) is 11.7. The first kappa shape index (κ1) is 23.6. The van der Waals surface area contributed by atoms with Crippen LogP contribution in [0.1, 0.15) is 0 Å². The normalized spacial score (nSPS) is 12.1. The third kappa shape index (κ3) is 3.24. The number of benzene rings is 7. The van der Waals surface area contributed by atoms with Gasteiger partial charge in [0, 0.05) is 34.4 Å². The van der Waals surface area contributed by atoms with Crippen molar-refractivity contribution in [2.75, 3.05) is 0 Å². The van der Waals surface area contributed by atoms with Crippen molar-refractivity contribution in [1.29, 1.82) is 0 Å². The molecule has 10 aromatic rings. The maximum atomic E-state index is 4.96. The molecule has 44 heavy (non-hydrogen) atoms. The van der Waals surface area contributed by atoms with Crippen LogP contribution >= 0.6 is 0 Å². The van der Waals surface area contributed by atoms with E-state index in [0.717, 1.165) is 16.9 Å². The van der Waals surface area contributed by atoms with Crippen LogP contribution in [-0.4, -0.2) is 14.0 Å². The Hall–Kier alpha value is -5.93. The number of nitrogens with zero attached hydrogens (tertiary/aromatic N) is 3. The van der Waals surface area contributed by atoms with Crippen LogP contribution in [0.3, 0.4) is 0 Å². The average molecular weight is 560 g/mol. The maximum Gasteiger partial charge on any atom is 0.137 e. The van der Waals surface area contributed by atoms with Gasteiger partial charge in [-0.2, -0.15) is 0 Å². The first-order chi connectivity index (χ1) is 21.8. The van der Waals surface area contributed by atoms with Gasteiger partial charge in [0.15, 0.2) is 0 Å². The van der Waals surface area contributed by atoms with Crippen LogP contribution in [-0.2, 0) is 0 Å². The predicted molar refractivity (Wildman–Crippen MR) is 184 cm³/mol. The summed E-state index contributed by atoms with van der Waals surface area (Å²) in [6.45, 7) is 0. The summed E-state index contributed by atoms with van der Waals surface area (Å²) in [6.07, 6.45) is 4.19. The maximum absolute atomic E-state index is 4.96. The van der Waals surface area contributed by atoms with Crippen molar-refractivity contribution in [3.63, 3.8) is 0 Å². The zero-order valence-electron chi connectivity index (χ0n) is 23.8. The molecule has 0 N–H and O–H groups in total. The van der Waals surface area contributed by atoms with Crippen molar-refractivity contribution in [2.45, 2.75) is 0 Å². The van der Waals surface area contributed by atoms with Crippen molar-refractivity contribution >= 4 is 59.8 Å². The summed E-state index contributed by atoms with van der Waals surface area (Å²) < 4.78 is 4.47. The van der Waals surface area contributed by atoms with Gasteiger partial charge >= 0.3 is 0 Å². The molecule has 10 rings (SSSR count). The van der Waals surface area contributed by atoms with E-state index in [0.29, 0.717) is 0 Å². The molecule has 0 aliphatic carbocycles. The van der Waals surface area contributed by atoms with Gasteiger partial charge in [0.25, 0.3) is 0 Å². The first-order valence-corrected chi connectivity index (χ1v) is 15.1. The number of imidazole rings is 1. The summed E-state index contributed by atoms with van der Waals surface area (Å²) in [5.41, 5.74) is 9.20. The lowest BCUT2D eigenvalue weighted by molar-refractivity contribution is 1.18. The minimum atomic E-state index is 0.958. The fourth-order valence-electron chi connectivity index (χ4n) is 7.33. The van der Waals surface area contributed by atoms with E-state index in [9.17, 15) is 0 Å². The van der Waals surface area contributed by atoms with E-state index >= 15 is 0 Å². The first-order valence-electron chi connectivity index (χ1n) is 15.1.